The number of hydrogen-bond acceptors (Lipinski definition) is 7. The molecule has 2 amide bonds. The molecule has 0 saturated heterocycles. The molecule has 0 fully saturated rings. The Morgan fingerprint density at radius 1 is 1.12 bits per heavy atom. The van der Waals surface area contributed by atoms with Crippen LogP contribution in [0.25, 0.3) is 0 Å². The van der Waals surface area contributed by atoms with Gasteiger partial charge < -0.3 is 25.1 Å². The maximum Gasteiger partial charge on any atom is 0.238 e. The number of benzene rings is 2. The highest BCUT2D eigenvalue weighted by molar-refractivity contribution is 6.34. The van der Waals surface area contributed by atoms with Crippen LogP contribution in [0.15, 0.2) is 41.6 Å². The van der Waals surface area contributed by atoms with Gasteiger partial charge in [-0.1, -0.05) is 22.8 Å². The van der Waals surface area contributed by atoms with E-state index in [0.29, 0.717) is 27.7 Å². The normalized spacial score (nSPS) is 11.2. The van der Waals surface area contributed by atoms with E-state index in [1.54, 1.807) is 56.4 Å². The first kappa shape index (κ1) is 26.8. The Kier molecular flexibility index (Phi) is 10.0. The number of amides is 2. The standard InChI is InChI=1S/C24H30ClN5O4/c1-15-10-16(11-19(25)24(15)28-23(32)14-30(2)3)12-21(26)27-22(31)13-20(29-34-5)17-6-8-18(33-4)9-7-17/h6-11H,12-14H2,1-5H3,(H,28,32)(H2,26,27,31)/b29-20-. The highest BCUT2D eigenvalue weighted by atomic mass is 35.5. The topological polar surface area (TPSA) is 116 Å². The second kappa shape index (κ2) is 12.7. The first-order valence-electron chi connectivity index (χ1n) is 10.5. The molecule has 0 aliphatic heterocycles. The zero-order chi connectivity index (χ0) is 25.3. The van der Waals surface area contributed by atoms with Gasteiger partial charge in [-0.2, -0.15) is 0 Å². The third-order valence-electron chi connectivity index (χ3n) is 4.70. The molecular weight excluding hydrogens is 458 g/mol. The number of amidine groups is 1. The lowest BCUT2D eigenvalue weighted by atomic mass is 10.1. The second-order valence-corrected chi connectivity index (χ2v) is 8.29. The number of ether oxygens (including phenoxy) is 1. The first-order chi connectivity index (χ1) is 16.1. The van der Waals surface area contributed by atoms with Gasteiger partial charge in [0, 0.05) is 12.0 Å². The number of aryl methyl sites for hydroxylation is 1. The molecule has 182 valence electrons. The number of rotatable bonds is 10. The van der Waals surface area contributed by atoms with Crippen LogP contribution in [0.3, 0.4) is 0 Å². The smallest absolute Gasteiger partial charge is 0.238 e. The minimum absolute atomic E-state index is 0.0105. The molecule has 0 heterocycles. The Morgan fingerprint density at radius 2 is 1.79 bits per heavy atom. The number of oxime groups is 1. The van der Waals surface area contributed by atoms with Crippen molar-refractivity contribution in [2.24, 2.45) is 5.16 Å². The van der Waals surface area contributed by atoms with Crippen LogP contribution in [0, 0.1) is 12.3 Å². The van der Waals surface area contributed by atoms with Gasteiger partial charge in [0.05, 0.1) is 36.5 Å². The predicted molar refractivity (Wildman–Crippen MR) is 134 cm³/mol. The van der Waals surface area contributed by atoms with E-state index in [4.69, 9.17) is 26.6 Å². The van der Waals surface area contributed by atoms with E-state index in [-0.39, 0.29) is 31.1 Å². The van der Waals surface area contributed by atoms with Crippen molar-refractivity contribution < 1.29 is 19.2 Å². The van der Waals surface area contributed by atoms with Crippen molar-refractivity contribution in [3.8, 4) is 5.75 Å². The van der Waals surface area contributed by atoms with Gasteiger partial charge in [0.15, 0.2) is 0 Å². The highest BCUT2D eigenvalue weighted by Gasteiger charge is 2.15. The molecule has 0 aromatic heterocycles. The molecule has 2 rings (SSSR count). The average Bonchev–Trinajstić information content (AvgIpc) is 2.75. The molecule has 0 unspecified atom stereocenters. The van der Waals surface area contributed by atoms with Crippen molar-refractivity contribution >= 4 is 40.6 Å². The third kappa shape index (κ3) is 8.17. The number of nitrogens with one attached hydrogen (secondary N) is 3. The van der Waals surface area contributed by atoms with Gasteiger partial charge in [0.1, 0.15) is 18.7 Å². The van der Waals surface area contributed by atoms with Gasteiger partial charge in [-0.15, -0.1) is 0 Å². The molecule has 0 saturated carbocycles. The quantitative estimate of drug-likeness (QED) is 0.270. The van der Waals surface area contributed by atoms with E-state index in [1.807, 2.05) is 13.0 Å². The van der Waals surface area contributed by atoms with Gasteiger partial charge in [0.25, 0.3) is 0 Å². The summed E-state index contributed by atoms with van der Waals surface area (Å²) >= 11 is 6.37. The van der Waals surface area contributed by atoms with Crippen LogP contribution in [-0.4, -0.2) is 63.1 Å². The Balaban J connectivity index is 2.01. The van der Waals surface area contributed by atoms with Crippen LogP contribution in [0.4, 0.5) is 5.69 Å². The molecule has 34 heavy (non-hydrogen) atoms. The van der Waals surface area contributed by atoms with Crippen LogP contribution >= 0.6 is 11.6 Å². The summed E-state index contributed by atoms with van der Waals surface area (Å²) in [4.78, 5) is 31.2. The van der Waals surface area contributed by atoms with E-state index >= 15 is 0 Å². The average molecular weight is 488 g/mol. The van der Waals surface area contributed by atoms with Crippen LogP contribution in [0.1, 0.15) is 23.1 Å². The van der Waals surface area contributed by atoms with Crippen LogP contribution < -0.4 is 15.4 Å². The summed E-state index contributed by atoms with van der Waals surface area (Å²) in [7, 11) is 6.58. The highest BCUT2D eigenvalue weighted by Crippen LogP contribution is 2.28. The van der Waals surface area contributed by atoms with E-state index in [2.05, 4.69) is 15.8 Å². The summed E-state index contributed by atoms with van der Waals surface area (Å²) in [5.74, 6) is 0.125. The zero-order valence-corrected chi connectivity index (χ0v) is 20.7. The Labute approximate surface area is 204 Å². The fraction of sp³-hybridized carbons (Fsp3) is 0.333. The summed E-state index contributed by atoms with van der Waals surface area (Å²) in [5.41, 5.74) is 3.17. The molecule has 10 heteroatoms. The van der Waals surface area contributed by atoms with Crippen molar-refractivity contribution in [2.45, 2.75) is 19.8 Å². The number of carbonyl (C=O) groups is 2. The lowest BCUT2D eigenvalue weighted by molar-refractivity contribution is -0.118. The molecular formula is C24H30ClN5O4. The lowest BCUT2D eigenvalue weighted by Crippen LogP contribution is -2.33. The molecule has 9 nitrogen and oxygen atoms in total. The summed E-state index contributed by atoms with van der Waals surface area (Å²) in [5, 5.41) is 17.9. The second-order valence-electron chi connectivity index (χ2n) is 7.88. The van der Waals surface area contributed by atoms with Crippen molar-refractivity contribution in [1.82, 2.24) is 10.2 Å². The molecule has 0 aliphatic carbocycles. The van der Waals surface area contributed by atoms with Gasteiger partial charge >= 0.3 is 0 Å². The lowest BCUT2D eigenvalue weighted by Gasteiger charge is -2.15. The van der Waals surface area contributed by atoms with Crippen LogP contribution in [-0.2, 0) is 20.8 Å². The number of methoxy groups -OCH3 is 1. The largest absolute Gasteiger partial charge is 0.497 e. The van der Waals surface area contributed by atoms with E-state index in [1.165, 1.54) is 7.11 Å². The summed E-state index contributed by atoms with van der Waals surface area (Å²) in [6.45, 7) is 2.06. The molecule has 0 atom stereocenters. The minimum atomic E-state index is -0.396. The molecule has 0 bridgehead atoms. The fourth-order valence-corrected chi connectivity index (χ4v) is 3.57. The third-order valence-corrected chi connectivity index (χ3v) is 4.99. The van der Waals surface area contributed by atoms with Crippen LogP contribution in [0.2, 0.25) is 5.02 Å². The van der Waals surface area contributed by atoms with Crippen molar-refractivity contribution in [2.75, 3.05) is 40.2 Å². The summed E-state index contributed by atoms with van der Waals surface area (Å²) in [6, 6.07) is 10.6. The van der Waals surface area contributed by atoms with Crippen LogP contribution in [0.5, 0.6) is 5.75 Å². The van der Waals surface area contributed by atoms with Crippen molar-refractivity contribution in [3.05, 3.63) is 58.1 Å². The van der Waals surface area contributed by atoms with E-state index in [9.17, 15) is 9.59 Å². The van der Waals surface area contributed by atoms with E-state index in [0.717, 1.165) is 11.1 Å². The number of carbonyl (C=O) groups excluding carboxylic acids is 2. The number of likely N-dealkylation sites (N-methyl/N-ethyl adjacent to an activating group) is 1. The summed E-state index contributed by atoms with van der Waals surface area (Å²) < 4.78 is 5.15. The fourth-order valence-electron chi connectivity index (χ4n) is 3.24. The molecule has 0 aliphatic rings. The maximum atomic E-state index is 12.5. The summed E-state index contributed by atoms with van der Waals surface area (Å²) in [6.07, 6.45) is 0.0939. The van der Waals surface area contributed by atoms with Gasteiger partial charge in [-0.25, -0.2) is 0 Å². The Morgan fingerprint density at radius 3 is 2.35 bits per heavy atom. The first-order valence-corrected chi connectivity index (χ1v) is 10.9. The number of anilines is 1. The Bertz CT molecular complexity index is 1040. The maximum absolute atomic E-state index is 12.5. The monoisotopic (exact) mass is 487 g/mol. The van der Waals surface area contributed by atoms with Crippen molar-refractivity contribution in [1.29, 1.82) is 5.41 Å². The zero-order valence-electron chi connectivity index (χ0n) is 20.0. The Hall–Kier alpha value is -3.43. The molecule has 3 N–H and O–H groups in total. The molecule has 2 aromatic carbocycles. The number of hydrogen-bond donors (Lipinski definition) is 3. The molecule has 0 spiro atoms. The van der Waals surface area contributed by atoms with Gasteiger partial charge in [-0.3, -0.25) is 15.0 Å². The van der Waals surface area contributed by atoms with Gasteiger partial charge in [0.2, 0.25) is 11.8 Å². The predicted octanol–water partition coefficient (Wildman–Crippen LogP) is 3.23. The molecule has 2 aromatic rings. The minimum Gasteiger partial charge on any atom is -0.497 e. The molecule has 0 radical (unpaired) electrons. The number of nitrogens with zero attached hydrogens (tertiary/aromatic N) is 2. The number of halogens is 1. The van der Waals surface area contributed by atoms with Crippen molar-refractivity contribution in [3.63, 3.8) is 0 Å². The van der Waals surface area contributed by atoms with E-state index < -0.39 is 5.91 Å². The van der Waals surface area contributed by atoms with Gasteiger partial charge in [-0.05, 0) is 62.5 Å². The SMILES string of the molecule is CO/N=C(/CC(=O)NC(=N)Cc1cc(C)c(NC(=O)CN(C)C)c(Cl)c1)c1ccc(OC)cc1.